The van der Waals surface area contributed by atoms with Gasteiger partial charge in [-0.25, -0.2) is 4.39 Å². The number of benzene rings is 1. The summed E-state index contributed by atoms with van der Waals surface area (Å²) in [5.41, 5.74) is 5.93. The Morgan fingerprint density at radius 2 is 2.06 bits per heavy atom. The molecule has 100 valence electrons. The van der Waals surface area contributed by atoms with Gasteiger partial charge in [-0.15, -0.1) is 0 Å². The molecule has 0 amide bonds. The largest absolute Gasteiger partial charge is 0.490 e. The van der Waals surface area contributed by atoms with Crippen molar-refractivity contribution in [2.45, 2.75) is 39.2 Å². The highest BCUT2D eigenvalue weighted by Gasteiger charge is 2.06. The van der Waals surface area contributed by atoms with E-state index in [-0.39, 0.29) is 12.4 Å². The van der Waals surface area contributed by atoms with E-state index in [2.05, 4.69) is 19.1 Å². The number of allylic oxidation sites excluding steroid dienone is 2. The number of nitrogens with two attached hydrogens (primary N) is 1. The van der Waals surface area contributed by atoms with Crippen molar-refractivity contribution in [3.8, 4) is 5.75 Å². The van der Waals surface area contributed by atoms with Gasteiger partial charge >= 0.3 is 0 Å². The van der Waals surface area contributed by atoms with Crippen molar-refractivity contribution in [1.29, 1.82) is 0 Å². The Morgan fingerprint density at radius 1 is 1.28 bits per heavy atom. The predicted octanol–water partition coefficient (Wildman–Crippen LogP) is 3.80. The lowest BCUT2D eigenvalue weighted by Crippen LogP contribution is -2.04. The molecule has 0 spiro atoms. The van der Waals surface area contributed by atoms with Crippen LogP contribution in [0.15, 0.2) is 30.4 Å². The first-order valence-corrected chi connectivity index (χ1v) is 6.54. The van der Waals surface area contributed by atoms with Crippen LogP contribution in [0.2, 0.25) is 0 Å². The third-order valence-corrected chi connectivity index (χ3v) is 2.66. The SMILES string of the molecule is CCCC=CCCCOc1cccc(CN)c1F. The van der Waals surface area contributed by atoms with Crippen molar-refractivity contribution in [1.82, 2.24) is 0 Å². The molecule has 3 heteroatoms. The zero-order chi connectivity index (χ0) is 13.2. The lowest BCUT2D eigenvalue weighted by molar-refractivity contribution is 0.295. The second-order valence-corrected chi connectivity index (χ2v) is 4.18. The average Bonchev–Trinajstić information content (AvgIpc) is 2.39. The number of rotatable bonds is 8. The summed E-state index contributed by atoms with van der Waals surface area (Å²) in [6, 6.07) is 5.08. The molecule has 1 aromatic carbocycles. The molecular weight excluding hydrogens is 229 g/mol. The molecule has 0 radical (unpaired) electrons. The molecule has 1 rings (SSSR count). The summed E-state index contributed by atoms with van der Waals surface area (Å²) in [6.07, 6.45) is 8.48. The molecule has 0 aromatic heterocycles. The Bertz CT molecular complexity index is 377. The number of hydrogen-bond donors (Lipinski definition) is 1. The van der Waals surface area contributed by atoms with Crippen molar-refractivity contribution in [3.63, 3.8) is 0 Å². The second-order valence-electron chi connectivity index (χ2n) is 4.18. The Labute approximate surface area is 109 Å². The molecule has 18 heavy (non-hydrogen) atoms. The molecule has 2 N–H and O–H groups in total. The third kappa shape index (κ3) is 4.88. The van der Waals surface area contributed by atoms with E-state index in [4.69, 9.17) is 10.5 Å². The molecule has 0 saturated carbocycles. The molecule has 0 heterocycles. The molecule has 0 fully saturated rings. The molecule has 0 bridgehead atoms. The van der Waals surface area contributed by atoms with Gasteiger partial charge in [0.15, 0.2) is 11.6 Å². The van der Waals surface area contributed by atoms with Crippen LogP contribution in [0.4, 0.5) is 4.39 Å². The maximum absolute atomic E-state index is 13.7. The number of halogens is 1. The molecule has 1 aromatic rings. The number of hydrogen-bond acceptors (Lipinski definition) is 2. The van der Waals surface area contributed by atoms with Crippen LogP contribution in [-0.2, 0) is 6.54 Å². The third-order valence-electron chi connectivity index (χ3n) is 2.66. The molecular formula is C15H22FNO. The van der Waals surface area contributed by atoms with E-state index in [1.165, 1.54) is 6.42 Å². The number of ether oxygens (including phenoxy) is 1. The minimum Gasteiger partial charge on any atom is -0.490 e. The van der Waals surface area contributed by atoms with Gasteiger partial charge in [0, 0.05) is 12.1 Å². The maximum Gasteiger partial charge on any atom is 0.169 e. The Kier molecular flexibility index (Phi) is 7.11. The fraction of sp³-hybridized carbons (Fsp3) is 0.467. The first-order chi connectivity index (χ1) is 8.79. The summed E-state index contributed by atoms with van der Waals surface area (Å²) in [6.45, 7) is 2.88. The monoisotopic (exact) mass is 251 g/mol. The minimum atomic E-state index is -0.332. The van der Waals surface area contributed by atoms with E-state index in [1.54, 1.807) is 18.2 Å². The fourth-order valence-electron chi connectivity index (χ4n) is 1.61. The van der Waals surface area contributed by atoms with E-state index in [1.807, 2.05) is 0 Å². The smallest absolute Gasteiger partial charge is 0.169 e. The molecule has 0 aliphatic rings. The molecule has 0 unspecified atom stereocenters. The van der Waals surface area contributed by atoms with Gasteiger partial charge in [0.1, 0.15) is 0 Å². The van der Waals surface area contributed by atoms with Crippen molar-refractivity contribution in [2.75, 3.05) is 6.61 Å². The first-order valence-electron chi connectivity index (χ1n) is 6.54. The maximum atomic E-state index is 13.7. The molecule has 0 aliphatic carbocycles. The lowest BCUT2D eigenvalue weighted by atomic mass is 10.2. The summed E-state index contributed by atoms with van der Waals surface area (Å²) in [4.78, 5) is 0. The first kappa shape index (κ1) is 14.7. The van der Waals surface area contributed by atoms with Crippen LogP contribution in [0.1, 0.15) is 38.2 Å². The van der Waals surface area contributed by atoms with E-state index < -0.39 is 0 Å². The standard InChI is InChI=1S/C15H22FNO/c1-2-3-4-5-6-7-11-18-14-10-8-9-13(12-17)15(14)16/h4-5,8-10H,2-3,6-7,11-12,17H2,1H3. The van der Waals surface area contributed by atoms with Gasteiger partial charge in [-0.2, -0.15) is 0 Å². The summed E-state index contributed by atoms with van der Waals surface area (Å²) in [5.74, 6) is -0.0305. The zero-order valence-corrected chi connectivity index (χ0v) is 11.0. The highest BCUT2D eigenvalue weighted by atomic mass is 19.1. The van der Waals surface area contributed by atoms with Crippen LogP contribution >= 0.6 is 0 Å². The van der Waals surface area contributed by atoms with Crippen LogP contribution < -0.4 is 10.5 Å². The van der Waals surface area contributed by atoms with Gasteiger partial charge in [0.05, 0.1) is 6.61 Å². The van der Waals surface area contributed by atoms with Gasteiger partial charge in [-0.3, -0.25) is 0 Å². The topological polar surface area (TPSA) is 35.2 Å². The van der Waals surface area contributed by atoms with Gasteiger partial charge in [-0.05, 0) is 25.3 Å². The van der Waals surface area contributed by atoms with Crippen molar-refractivity contribution in [2.24, 2.45) is 5.73 Å². The Morgan fingerprint density at radius 3 is 2.78 bits per heavy atom. The van der Waals surface area contributed by atoms with Crippen molar-refractivity contribution >= 4 is 0 Å². The van der Waals surface area contributed by atoms with Gasteiger partial charge in [0.25, 0.3) is 0 Å². The highest BCUT2D eigenvalue weighted by molar-refractivity contribution is 5.30. The van der Waals surface area contributed by atoms with Crippen LogP contribution in [0, 0.1) is 5.82 Å². The summed E-state index contributed by atoms with van der Waals surface area (Å²) in [5, 5.41) is 0. The molecule has 0 aliphatic heterocycles. The average molecular weight is 251 g/mol. The summed E-state index contributed by atoms with van der Waals surface area (Å²) >= 11 is 0. The quantitative estimate of drug-likeness (QED) is 0.563. The van der Waals surface area contributed by atoms with Crippen LogP contribution in [0.3, 0.4) is 0 Å². The van der Waals surface area contributed by atoms with Crippen LogP contribution in [0.25, 0.3) is 0 Å². The molecule has 2 nitrogen and oxygen atoms in total. The van der Waals surface area contributed by atoms with Crippen LogP contribution in [-0.4, -0.2) is 6.61 Å². The number of unbranched alkanes of at least 4 members (excludes halogenated alkanes) is 2. The van der Waals surface area contributed by atoms with E-state index >= 15 is 0 Å². The normalized spacial score (nSPS) is 11.1. The molecule has 0 atom stereocenters. The predicted molar refractivity (Wildman–Crippen MR) is 73.1 cm³/mol. The lowest BCUT2D eigenvalue weighted by Gasteiger charge is -2.08. The zero-order valence-electron chi connectivity index (χ0n) is 11.0. The molecule has 0 saturated heterocycles. The minimum absolute atomic E-state index is 0.197. The van der Waals surface area contributed by atoms with E-state index in [0.717, 1.165) is 19.3 Å². The van der Waals surface area contributed by atoms with Crippen LogP contribution in [0.5, 0.6) is 5.75 Å². The Hall–Kier alpha value is -1.35. The van der Waals surface area contributed by atoms with Gasteiger partial charge in [-0.1, -0.05) is 37.6 Å². The van der Waals surface area contributed by atoms with E-state index in [9.17, 15) is 4.39 Å². The highest BCUT2D eigenvalue weighted by Crippen LogP contribution is 2.20. The summed E-state index contributed by atoms with van der Waals surface area (Å²) < 4.78 is 19.2. The summed E-state index contributed by atoms with van der Waals surface area (Å²) in [7, 11) is 0. The second kappa shape index (κ2) is 8.70. The van der Waals surface area contributed by atoms with Gasteiger partial charge in [0.2, 0.25) is 0 Å². The Balaban J connectivity index is 2.31. The fourth-order valence-corrected chi connectivity index (χ4v) is 1.61. The van der Waals surface area contributed by atoms with Crippen molar-refractivity contribution in [3.05, 3.63) is 41.7 Å². The van der Waals surface area contributed by atoms with Crippen molar-refractivity contribution < 1.29 is 9.13 Å². The van der Waals surface area contributed by atoms with E-state index in [0.29, 0.717) is 17.9 Å². The van der Waals surface area contributed by atoms with Gasteiger partial charge < -0.3 is 10.5 Å².